The molecule has 58 valence electrons. The van der Waals surface area contributed by atoms with Crippen molar-refractivity contribution in [1.82, 2.24) is 0 Å². The van der Waals surface area contributed by atoms with Crippen LogP contribution in [0.1, 0.15) is 12.5 Å². The maximum Gasteiger partial charge on any atom is 0.166 e. The van der Waals surface area contributed by atoms with E-state index in [0.717, 1.165) is 0 Å². The highest BCUT2D eigenvalue weighted by molar-refractivity contribution is 5.99. The van der Waals surface area contributed by atoms with E-state index in [1.165, 1.54) is 6.07 Å². The van der Waals surface area contributed by atoms with E-state index in [4.69, 9.17) is 10.5 Å². The molecule has 0 aliphatic carbocycles. The van der Waals surface area contributed by atoms with E-state index in [1.807, 2.05) is 0 Å². The summed E-state index contributed by atoms with van der Waals surface area (Å²) < 4.78 is 0. The molecule has 0 bridgehead atoms. The van der Waals surface area contributed by atoms with Crippen molar-refractivity contribution in [2.24, 2.45) is 0 Å². The molecule has 0 aliphatic heterocycles. The Morgan fingerprint density at radius 1 is 1.36 bits per heavy atom. The Hall–Kier alpha value is -1.51. The number of benzene rings is 1. The predicted octanol–water partition coefficient (Wildman–Crippen LogP) is 1.49. The van der Waals surface area contributed by atoms with Crippen molar-refractivity contribution in [3.8, 4) is 11.5 Å². The number of aromatic hydroxyl groups is 2. The van der Waals surface area contributed by atoms with Crippen LogP contribution in [0.3, 0.4) is 0 Å². The molecule has 1 aromatic rings. The van der Waals surface area contributed by atoms with Gasteiger partial charge in [-0.15, -0.1) is 0 Å². The molecule has 0 amide bonds. The molecule has 3 nitrogen and oxygen atoms in total. The number of hydrogen-bond donors (Lipinski definition) is 3. The van der Waals surface area contributed by atoms with Crippen LogP contribution in [0.25, 0.3) is 0 Å². The minimum Gasteiger partial charge on any atom is -0.504 e. The van der Waals surface area contributed by atoms with E-state index in [1.54, 1.807) is 19.1 Å². The molecule has 0 aliphatic rings. The summed E-state index contributed by atoms with van der Waals surface area (Å²) in [5.74, 6) is -0.408. The quantitative estimate of drug-likeness (QED) is 0.420. The number of hydrogen-bond acceptors (Lipinski definition) is 3. The number of phenols is 2. The van der Waals surface area contributed by atoms with Gasteiger partial charge in [-0.3, -0.25) is 0 Å². The molecular weight excluding hydrogens is 142 g/mol. The van der Waals surface area contributed by atoms with Gasteiger partial charge in [0.1, 0.15) is 0 Å². The summed E-state index contributed by atoms with van der Waals surface area (Å²) in [6.07, 6.45) is 0. The van der Waals surface area contributed by atoms with Crippen LogP contribution in [0.15, 0.2) is 18.2 Å². The molecule has 0 saturated carbocycles. The zero-order valence-corrected chi connectivity index (χ0v) is 6.13. The zero-order valence-electron chi connectivity index (χ0n) is 6.13. The Morgan fingerprint density at radius 3 is 2.45 bits per heavy atom. The van der Waals surface area contributed by atoms with Crippen LogP contribution >= 0.6 is 0 Å². The highest BCUT2D eigenvalue weighted by atomic mass is 16.3. The minimum atomic E-state index is -0.222. The van der Waals surface area contributed by atoms with Crippen LogP contribution in [-0.4, -0.2) is 15.9 Å². The molecule has 1 rings (SSSR count). The van der Waals surface area contributed by atoms with Gasteiger partial charge >= 0.3 is 0 Å². The molecule has 0 aromatic heterocycles. The summed E-state index contributed by atoms with van der Waals surface area (Å²) in [7, 11) is 0. The van der Waals surface area contributed by atoms with Crippen molar-refractivity contribution in [2.45, 2.75) is 6.92 Å². The van der Waals surface area contributed by atoms with Crippen molar-refractivity contribution in [1.29, 1.82) is 5.41 Å². The molecule has 11 heavy (non-hydrogen) atoms. The number of nitrogens with one attached hydrogen (secondary N) is 1. The summed E-state index contributed by atoms with van der Waals surface area (Å²) in [6, 6.07) is 4.54. The summed E-state index contributed by atoms with van der Waals surface area (Å²) in [5, 5.41) is 25.4. The van der Waals surface area contributed by atoms with Gasteiger partial charge in [-0.05, 0) is 19.1 Å². The molecule has 0 atom stereocenters. The number of rotatable bonds is 1. The summed E-state index contributed by atoms with van der Waals surface area (Å²) in [6.45, 7) is 1.55. The second-order valence-corrected chi connectivity index (χ2v) is 2.30. The molecule has 3 N–H and O–H groups in total. The third-order valence-electron chi connectivity index (χ3n) is 1.42. The van der Waals surface area contributed by atoms with Gasteiger partial charge in [0.25, 0.3) is 0 Å². The van der Waals surface area contributed by atoms with Crippen molar-refractivity contribution >= 4 is 5.71 Å². The lowest BCUT2D eigenvalue weighted by molar-refractivity contribution is 0.403. The first-order valence-electron chi connectivity index (χ1n) is 3.19. The predicted molar refractivity (Wildman–Crippen MR) is 42.3 cm³/mol. The van der Waals surface area contributed by atoms with Gasteiger partial charge in [0.15, 0.2) is 11.5 Å². The lowest BCUT2D eigenvalue weighted by Gasteiger charge is -2.02. The molecule has 0 fully saturated rings. The monoisotopic (exact) mass is 151 g/mol. The van der Waals surface area contributed by atoms with Gasteiger partial charge in [-0.1, -0.05) is 6.07 Å². The van der Waals surface area contributed by atoms with Crippen LogP contribution in [0.5, 0.6) is 11.5 Å². The third kappa shape index (κ3) is 1.32. The molecule has 0 unspecified atom stereocenters. The van der Waals surface area contributed by atoms with Crippen LogP contribution in [-0.2, 0) is 0 Å². The fourth-order valence-corrected chi connectivity index (χ4v) is 0.834. The van der Waals surface area contributed by atoms with Crippen molar-refractivity contribution in [2.75, 3.05) is 0 Å². The maximum absolute atomic E-state index is 9.18. The Balaban J connectivity index is 3.27. The fourth-order valence-electron chi connectivity index (χ4n) is 0.834. The first-order valence-corrected chi connectivity index (χ1v) is 3.19. The SMILES string of the molecule is CC(=N)c1cccc(O)c1O. The van der Waals surface area contributed by atoms with Crippen LogP contribution in [0.4, 0.5) is 0 Å². The third-order valence-corrected chi connectivity index (χ3v) is 1.42. The lowest BCUT2D eigenvalue weighted by atomic mass is 10.1. The largest absolute Gasteiger partial charge is 0.504 e. The smallest absolute Gasteiger partial charge is 0.166 e. The highest BCUT2D eigenvalue weighted by Crippen LogP contribution is 2.27. The first kappa shape index (κ1) is 7.60. The van der Waals surface area contributed by atoms with Crippen molar-refractivity contribution in [3.05, 3.63) is 23.8 Å². The number of para-hydroxylation sites is 1. The molecule has 0 radical (unpaired) electrons. The van der Waals surface area contributed by atoms with Gasteiger partial charge < -0.3 is 15.6 Å². The standard InChI is InChI=1S/C8H9NO2/c1-5(9)6-3-2-4-7(10)8(6)11/h2-4,9-11H,1H3. The normalized spacial score (nSPS) is 9.55. The molecule has 0 heterocycles. The minimum absolute atomic E-state index is 0.186. The van der Waals surface area contributed by atoms with E-state index in [-0.39, 0.29) is 17.2 Å². The second-order valence-electron chi connectivity index (χ2n) is 2.30. The maximum atomic E-state index is 9.18. The van der Waals surface area contributed by atoms with E-state index < -0.39 is 0 Å². The van der Waals surface area contributed by atoms with Crippen molar-refractivity contribution < 1.29 is 10.2 Å². The van der Waals surface area contributed by atoms with Crippen LogP contribution < -0.4 is 0 Å². The average Bonchev–Trinajstić information content (AvgIpc) is 1.94. The molecular formula is C8H9NO2. The van der Waals surface area contributed by atoms with E-state index in [9.17, 15) is 5.11 Å². The Kier molecular flexibility index (Phi) is 1.81. The van der Waals surface area contributed by atoms with Gasteiger partial charge in [0.2, 0.25) is 0 Å². The summed E-state index contributed by atoms with van der Waals surface area (Å²) >= 11 is 0. The van der Waals surface area contributed by atoms with Crippen molar-refractivity contribution in [3.63, 3.8) is 0 Å². The van der Waals surface area contributed by atoms with Crippen LogP contribution in [0, 0.1) is 5.41 Å². The molecule has 0 spiro atoms. The van der Waals surface area contributed by atoms with E-state index >= 15 is 0 Å². The van der Waals surface area contributed by atoms with Gasteiger partial charge in [-0.25, -0.2) is 0 Å². The lowest BCUT2D eigenvalue weighted by Crippen LogP contribution is -1.91. The van der Waals surface area contributed by atoms with Crippen LogP contribution in [0.2, 0.25) is 0 Å². The first-order chi connectivity index (χ1) is 5.13. The molecule has 1 aromatic carbocycles. The second kappa shape index (κ2) is 2.62. The molecule has 0 saturated heterocycles. The number of phenolic OH excluding ortho intramolecular Hbond substituents is 2. The summed E-state index contributed by atoms with van der Waals surface area (Å²) in [5.41, 5.74) is 0.600. The summed E-state index contributed by atoms with van der Waals surface area (Å²) in [4.78, 5) is 0. The topological polar surface area (TPSA) is 64.3 Å². The Morgan fingerprint density at radius 2 is 2.00 bits per heavy atom. The Bertz CT molecular complexity index is 294. The fraction of sp³-hybridized carbons (Fsp3) is 0.125. The van der Waals surface area contributed by atoms with Gasteiger partial charge in [-0.2, -0.15) is 0 Å². The van der Waals surface area contributed by atoms with Gasteiger partial charge in [0, 0.05) is 11.3 Å². The van der Waals surface area contributed by atoms with E-state index in [2.05, 4.69) is 0 Å². The van der Waals surface area contributed by atoms with Gasteiger partial charge in [0.05, 0.1) is 0 Å². The zero-order chi connectivity index (χ0) is 8.43. The average molecular weight is 151 g/mol. The highest BCUT2D eigenvalue weighted by Gasteiger charge is 2.05. The Labute approximate surface area is 64.4 Å². The molecule has 3 heteroatoms. The van der Waals surface area contributed by atoms with E-state index in [0.29, 0.717) is 5.56 Å².